The molecule has 38 heavy (non-hydrogen) atoms. The van der Waals surface area contributed by atoms with Gasteiger partial charge in [0.2, 0.25) is 5.91 Å². The number of aryl methyl sites for hydroxylation is 2. The molecule has 2 fully saturated rings. The number of benzene rings is 1. The van der Waals surface area contributed by atoms with Crippen LogP contribution in [-0.4, -0.2) is 77.3 Å². The number of fused-ring (bicyclic) bond motifs is 1. The second-order valence-electron chi connectivity index (χ2n) is 10.1. The van der Waals surface area contributed by atoms with E-state index in [1.807, 2.05) is 0 Å². The van der Waals surface area contributed by atoms with Gasteiger partial charge in [-0.25, -0.2) is 18.7 Å². The van der Waals surface area contributed by atoms with E-state index in [0.29, 0.717) is 47.1 Å². The normalized spacial score (nSPS) is 19.6. The van der Waals surface area contributed by atoms with Crippen LogP contribution < -0.4 is 10.1 Å². The fourth-order valence-corrected chi connectivity index (χ4v) is 4.83. The van der Waals surface area contributed by atoms with Crippen LogP contribution in [0.5, 0.6) is 5.75 Å². The Morgan fingerprint density at radius 1 is 1.21 bits per heavy atom. The lowest BCUT2D eigenvalue weighted by molar-refractivity contribution is -0.137. The highest BCUT2D eigenvalue weighted by Gasteiger charge is 2.34. The molecular weight excluding hydrogens is 496 g/mol. The number of carbonyl (C=O) groups is 2. The summed E-state index contributed by atoms with van der Waals surface area (Å²) < 4.78 is 41.2. The van der Waals surface area contributed by atoms with Gasteiger partial charge in [-0.1, -0.05) is 6.07 Å². The van der Waals surface area contributed by atoms with Crippen molar-refractivity contribution in [2.24, 2.45) is 5.92 Å². The molecule has 5 rings (SSSR count). The van der Waals surface area contributed by atoms with Gasteiger partial charge in [-0.2, -0.15) is 0 Å². The minimum Gasteiger partial charge on any atom is -0.492 e. The van der Waals surface area contributed by atoms with Crippen molar-refractivity contribution < 1.29 is 27.8 Å². The summed E-state index contributed by atoms with van der Waals surface area (Å²) in [6.07, 6.45) is 2.30. The van der Waals surface area contributed by atoms with Crippen LogP contribution in [0.4, 0.5) is 8.78 Å². The largest absolute Gasteiger partial charge is 0.492 e. The van der Waals surface area contributed by atoms with Crippen LogP contribution in [0.25, 0.3) is 22.3 Å². The van der Waals surface area contributed by atoms with E-state index < -0.39 is 23.9 Å². The van der Waals surface area contributed by atoms with Gasteiger partial charge in [-0.05, 0) is 50.7 Å². The molecule has 202 valence electrons. The highest BCUT2D eigenvalue weighted by atomic mass is 19.1. The molecule has 1 aliphatic carbocycles. The SMILES string of the molecule is COCC(=O)N1CC[C@H](NC(=O)c2c(C)[nH]c3c(-c4c(OCC5CC5)ccc(C)c4F)ncnc23)[C@@H](F)C1. The fourth-order valence-electron chi connectivity index (χ4n) is 4.83. The minimum atomic E-state index is -1.43. The van der Waals surface area contributed by atoms with E-state index in [-0.39, 0.29) is 42.3 Å². The second-order valence-corrected chi connectivity index (χ2v) is 10.1. The smallest absolute Gasteiger partial charge is 0.255 e. The number of nitrogens with zero attached hydrogens (tertiary/aromatic N) is 3. The van der Waals surface area contributed by atoms with Gasteiger partial charge in [0, 0.05) is 19.3 Å². The van der Waals surface area contributed by atoms with E-state index in [9.17, 15) is 14.0 Å². The zero-order chi connectivity index (χ0) is 27.0. The van der Waals surface area contributed by atoms with Gasteiger partial charge in [0.25, 0.3) is 5.91 Å². The highest BCUT2D eigenvalue weighted by molar-refractivity contribution is 6.09. The summed E-state index contributed by atoms with van der Waals surface area (Å²) >= 11 is 0. The average Bonchev–Trinajstić information content (AvgIpc) is 3.65. The second kappa shape index (κ2) is 10.6. The van der Waals surface area contributed by atoms with Crippen LogP contribution in [0, 0.1) is 25.6 Å². The number of carbonyl (C=O) groups excluding carboxylic acids is 2. The summed E-state index contributed by atoms with van der Waals surface area (Å²) in [4.78, 5) is 38.6. The summed E-state index contributed by atoms with van der Waals surface area (Å²) in [6.45, 7) is 3.95. The van der Waals surface area contributed by atoms with Gasteiger partial charge in [0.05, 0.1) is 35.8 Å². The Morgan fingerprint density at radius 3 is 2.71 bits per heavy atom. The minimum absolute atomic E-state index is 0.116. The Morgan fingerprint density at radius 2 is 2.00 bits per heavy atom. The lowest BCUT2D eigenvalue weighted by Crippen LogP contribution is -2.54. The van der Waals surface area contributed by atoms with Crippen molar-refractivity contribution in [1.82, 2.24) is 25.2 Å². The number of methoxy groups -OCH3 is 1. The van der Waals surface area contributed by atoms with Crippen LogP contribution in [0.15, 0.2) is 18.5 Å². The fraction of sp³-hybridized carbons (Fsp3) is 0.481. The van der Waals surface area contributed by atoms with E-state index in [0.717, 1.165) is 12.8 Å². The number of H-pyrrole nitrogens is 1. The van der Waals surface area contributed by atoms with Gasteiger partial charge in [-0.3, -0.25) is 9.59 Å². The van der Waals surface area contributed by atoms with Crippen molar-refractivity contribution in [2.75, 3.05) is 33.4 Å². The van der Waals surface area contributed by atoms with Gasteiger partial charge in [0.15, 0.2) is 0 Å². The number of hydrogen-bond donors (Lipinski definition) is 2. The van der Waals surface area contributed by atoms with E-state index >= 15 is 4.39 Å². The van der Waals surface area contributed by atoms with Gasteiger partial charge in [0.1, 0.15) is 41.9 Å². The number of amides is 2. The molecule has 0 spiro atoms. The summed E-state index contributed by atoms with van der Waals surface area (Å²) in [6, 6.07) is 2.63. The number of halogens is 2. The maximum atomic E-state index is 15.5. The molecule has 1 saturated carbocycles. The Labute approximate surface area is 218 Å². The number of nitrogens with one attached hydrogen (secondary N) is 2. The number of aromatic amines is 1. The molecule has 1 saturated heterocycles. The van der Waals surface area contributed by atoms with E-state index in [2.05, 4.69) is 20.3 Å². The van der Waals surface area contributed by atoms with Crippen molar-refractivity contribution in [3.63, 3.8) is 0 Å². The molecule has 2 aromatic heterocycles. The number of likely N-dealkylation sites (tertiary alicyclic amines) is 1. The maximum Gasteiger partial charge on any atom is 0.255 e. The zero-order valence-electron chi connectivity index (χ0n) is 21.6. The van der Waals surface area contributed by atoms with Crippen molar-refractivity contribution in [2.45, 2.75) is 45.3 Å². The molecule has 1 aliphatic heterocycles. The average molecular weight is 528 g/mol. The number of piperidine rings is 1. The van der Waals surface area contributed by atoms with Crippen LogP contribution in [0.1, 0.15) is 40.9 Å². The van der Waals surface area contributed by atoms with Crippen molar-refractivity contribution >= 4 is 22.8 Å². The number of hydrogen-bond acceptors (Lipinski definition) is 6. The number of alkyl halides is 1. The van der Waals surface area contributed by atoms with Crippen molar-refractivity contribution in [3.05, 3.63) is 41.1 Å². The first-order valence-electron chi connectivity index (χ1n) is 12.8. The number of ether oxygens (including phenoxy) is 2. The lowest BCUT2D eigenvalue weighted by Gasteiger charge is -2.35. The third-order valence-electron chi connectivity index (χ3n) is 7.18. The molecule has 0 radical (unpaired) electrons. The van der Waals surface area contributed by atoms with Crippen LogP contribution in [-0.2, 0) is 9.53 Å². The van der Waals surface area contributed by atoms with Crippen LogP contribution in [0.3, 0.4) is 0 Å². The van der Waals surface area contributed by atoms with Gasteiger partial charge in [-0.15, -0.1) is 0 Å². The molecule has 3 aromatic rings. The Bertz CT molecular complexity index is 1370. The Balaban J connectivity index is 1.43. The molecule has 0 bridgehead atoms. The third-order valence-corrected chi connectivity index (χ3v) is 7.18. The van der Waals surface area contributed by atoms with E-state index in [1.165, 1.54) is 18.3 Å². The van der Waals surface area contributed by atoms with Crippen molar-refractivity contribution in [3.8, 4) is 17.0 Å². The molecule has 3 heterocycles. The third kappa shape index (κ3) is 5.07. The lowest BCUT2D eigenvalue weighted by atomic mass is 10.0. The number of rotatable bonds is 8. The molecule has 1 aromatic carbocycles. The zero-order valence-corrected chi connectivity index (χ0v) is 21.6. The van der Waals surface area contributed by atoms with E-state index in [4.69, 9.17) is 9.47 Å². The first-order chi connectivity index (χ1) is 18.3. The van der Waals surface area contributed by atoms with Crippen molar-refractivity contribution in [1.29, 1.82) is 0 Å². The standard InChI is InChI=1S/C27H31F2N5O4/c1-14-4-7-19(38-11-16-5-6-16)22(23(14)29)25-26-24(30-13-31-25)21(15(2)32-26)27(36)33-18-8-9-34(10-17(18)28)20(35)12-37-3/h4,7,13,16-18,32H,5-6,8-12H2,1-3H3,(H,33,36)/t17-,18-/m0/s1. The monoisotopic (exact) mass is 527 g/mol. The Hall–Kier alpha value is -3.60. The molecule has 2 N–H and O–H groups in total. The first-order valence-corrected chi connectivity index (χ1v) is 12.8. The first kappa shape index (κ1) is 26.0. The Kier molecular flexibility index (Phi) is 7.29. The number of aromatic nitrogens is 3. The van der Waals surface area contributed by atoms with Crippen LogP contribution >= 0.6 is 0 Å². The summed E-state index contributed by atoms with van der Waals surface area (Å²) in [5, 5.41) is 2.76. The van der Waals surface area contributed by atoms with E-state index in [1.54, 1.807) is 26.0 Å². The molecule has 2 amide bonds. The molecule has 11 heteroatoms. The maximum absolute atomic E-state index is 15.5. The molecule has 0 unspecified atom stereocenters. The highest BCUT2D eigenvalue weighted by Crippen LogP contribution is 2.39. The summed E-state index contributed by atoms with van der Waals surface area (Å²) in [7, 11) is 1.41. The molecule has 2 aliphatic rings. The summed E-state index contributed by atoms with van der Waals surface area (Å²) in [5.74, 6) is -0.386. The molecule has 9 nitrogen and oxygen atoms in total. The van der Waals surface area contributed by atoms with Gasteiger partial charge < -0.3 is 24.7 Å². The van der Waals surface area contributed by atoms with Gasteiger partial charge >= 0.3 is 0 Å². The topological polar surface area (TPSA) is 109 Å². The van der Waals surface area contributed by atoms with Crippen LogP contribution in [0.2, 0.25) is 0 Å². The summed E-state index contributed by atoms with van der Waals surface area (Å²) in [5.41, 5.74) is 2.38. The quantitative estimate of drug-likeness (QED) is 0.464. The molecular formula is C27H31F2N5O4. The molecule has 2 atom stereocenters. The predicted molar refractivity (Wildman–Crippen MR) is 136 cm³/mol. The predicted octanol–water partition coefficient (Wildman–Crippen LogP) is 3.48.